The second kappa shape index (κ2) is 8.28. The van der Waals surface area contributed by atoms with E-state index in [4.69, 9.17) is 4.74 Å². The summed E-state index contributed by atoms with van der Waals surface area (Å²) in [6, 6.07) is 9.33. The van der Waals surface area contributed by atoms with Crippen LogP contribution >= 0.6 is 0 Å². The summed E-state index contributed by atoms with van der Waals surface area (Å²) in [6.45, 7) is 10.5. The van der Waals surface area contributed by atoms with Gasteiger partial charge in [0.05, 0.1) is 6.61 Å². The summed E-state index contributed by atoms with van der Waals surface area (Å²) in [6.07, 6.45) is 0. The molecule has 2 atom stereocenters. The fraction of sp³-hybridized carbons (Fsp3) is 0.647. The van der Waals surface area contributed by atoms with Crippen LogP contribution in [-0.4, -0.2) is 38.2 Å². The Morgan fingerprint density at radius 2 is 1.75 bits per heavy atom. The number of hydrogen-bond acceptors (Lipinski definition) is 3. The number of nitrogens with one attached hydrogen (secondary N) is 1. The average molecular weight is 278 g/mol. The van der Waals surface area contributed by atoms with Crippen molar-refractivity contribution in [1.29, 1.82) is 0 Å². The first-order chi connectivity index (χ1) is 9.49. The Kier molecular flexibility index (Phi) is 7.03. The number of ether oxygens (including phenoxy) is 1. The molecule has 0 bridgehead atoms. The van der Waals surface area contributed by atoms with Gasteiger partial charge in [0.2, 0.25) is 0 Å². The lowest BCUT2D eigenvalue weighted by atomic mass is 10.0. The molecule has 0 amide bonds. The molecule has 0 saturated heterocycles. The van der Waals surface area contributed by atoms with Crippen molar-refractivity contribution in [3.8, 4) is 5.75 Å². The van der Waals surface area contributed by atoms with Crippen LogP contribution in [0.5, 0.6) is 5.75 Å². The summed E-state index contributed by atoms with van der Waals surface area (Å²) in [5.41, 5.74) is 1.30. The molecule has 0 saturated carbocycles. The van der Waals surface area contributed by atoms with E-state index in [-0.39, 0.29) is 0 Å². The van der Waals surface area contributed by atoms with Crippen molar-refractivity contribution < 1.29 is 4.74 Å². The van der Waals surface area contributed by atoms with Gasteiger partial charge in [-0.2, -0.15) is 0 Å². The summed E-state index contributed by atoms with van der Waals surface area (Å²) in [5, 5.41) is 3.41. The maximum Gasteiger partial charge on any atom is 0.119 e. The highest BCUT2D eigenvalue weighted by molar-refractivity contribution is 5.29. The third kappa shape index (κ3) is 4.80. The predicted molar refractivity (Wildman–Crippen MR) is 86.3 cm³/mol. The molecular formula is C17H30N2O. The van der Waals surface area contributed by atoms with Gasteiger partial charge in [-0.25, -0.2) is 0 Å². The molecule has 114 valence electrons. The van der Waals surface area contributed by atoms with Gasteiger partial charge in [0.15, 0.2) is 0 Å². The van der Waals surface area contributed by atoms with Crippen molar-refractivity contribution in [2.24, 2.45) is 5.92 Å². The van der Waals surface area contributed by atoms with Gasteiger partial charge in [-0.05, 0) is 51.6 Å². The molecule has 1 aromatic rings. The van der Waals surface area contributed by atoms with Gasteiger partial charge in [0.1, 0.15) is 5.75 Å². The lowest BCUT2D eigenvalue weighted by molar-refractivity contribution is 0.190. The van der Waals surface area contributed by atoms with Crippen molar-refractivity contribution in [3.63, 3.8) is 0 Å². The monoisotopic (exact) mass is 278 g/mol. The summed E-state index contributed by atoms with van der Waals surface area (Å²) in [7, 11) is 4.22. The molecule has 0 spiro atoms. The van der Waals surface area contributed by atoms with Gasteiger partial charge < -0.3 is 15.0 Å². The fourth-order valence-electron chi connectivity index (χ4n) is 2.29. The molecule has 0 heterocycles. The summed E-state index contributed by atoms with van der Waals surface area (Å²) < 4.78 is 5.49. The highest BCUT2D eigenvalue weighted by atomic mass is 16.5. The zero-order chi connectivity index (χ0) is 15.1. The van der Waals surface area contributed by atoms with Gasteiger partial charge in [-0.15, -0.1) is 0 Å². The van der Waals surface area contributed by atoms with E-state index in [1.54, 1.807) is 0 Å². The van der Waals surface area contributed by atoms with Crippen molar-refractivity contribution in [1.82, 2.24) is 10.2 Å². The van der Waals surface area contributed by atoms with E-state index in [1.807, 2.05) is 14.0 Å². The molecule has 1 N–H and O–H groups in total. The van der Waals surface area contributed by atoms with Crippen LogP contribution in [0.3, 0.4) is 0 Å². The highest BCUT2D eigenvalue weighted by Crippen LogP contribution is 2.20. The van der Waals surface area contributed by atoms with E-state index in [0.29, 0.717) is 24.6 Å². The molecule has 0 radical (unpaired) electrons. The molecule has 1 aromatic carbocycles. The van der Waals surface area contributed by atoms with Crippen LogP contribution in [0.15, 0.2) is 24.3 Å². The lowest BCUT2D eigenvalue weighted by Gasteiger charge is -2.31. The van der Waals surface area contributed by atoms with E-state index in [9.17, 15) is 0 Å². The summed E-state index contributed by atoms with van der Waals surface area (Å²) >= 11 is 0. The number of hydrogen-bond donors (Lipinski definition) is 1. The maximum absolute atomic E-state index is 5.49. The summed E-state index contributed by atoms with van der Waals surface area (Å²) in [4.78, 5) is 2.42. The van der Waals surface area contributed by atoms with Crippen molar-refractivity contribution in [2.75, 3.05) is 27.2 Å². The van der Waals surface area contributed by atoms with Crippen LogP contribution in [0.2, 0.25) is 0 Å². The van der Waals surface area contributed by atoms with Crippen LogP contribution < -0.4 is 10.1 Å². The number of likely N-dealkylation sites (N-methyl/N-ethyl adjacent to an activating group) is 2. The van der Waals surface area contributed by atoms with E-state index >= 15 is 0 Å². The molecule has 0 fully saturated rings. The highest BCUT2D eigenvalue weighted by Gasteiger charge is 2.18. The SMILES string of the molecule is CCOc1ccc(C(CN(C)C(C)C(C)C)NC)cc1. The van der Waals surface area contributed by atoms with Gasteiger partial charge in [-0.1, -0.05) is 26.0 Å². The first-order valence-corrected chi connectivity index (χ1v) is 7.59. The molecule has 3 heteroatoms. The van der Waals surface area contributed by atoms with Crippen LogP contribution in [0.1, 0.15) is 39.3 Å². The molecule has 0 aliphatic rings. The Hall–Kier alpha value is -1.06. The largest absolute Gasteiger partial charge is 0.494 e. The molecule has 0 aromatic heterocycles. The molecule has 0 aliphatic heterocycles. The van der Waals surface area contributed by atoms with Gasteiger partial charge >= 0.3 is 0 Å². The average Bonchev–Trinajstić information content (AvgIpc) is 2.45. The maximum atomic E-state index is 5.49. The van der Waals surface area contributed by atoms with Crippen LogP contribution in [0.4, 0.5) is 0 Å². The minimum atomic E-state index is 0.344. The molecule has 3 nitrogen and oxygen atoms in total. The van der Waals surface area contributed by atoms with E-state index in [1.165, 1.54) is 5.56 Å². The minimum Gasteiger partial charge on any atom is -0.494 e. The Bertz CT molecular complexity index is 375. The van der Waals surface area contributed by atoms with Gasteiger partial charge in [0, 0.05) is 18.6 Å². The molecular weight excluding hydrogens is 248 g/mol. The molecule has 1 rings (SSSR count). The van der Waals surface area contributed by atoms with E-state index < -0.39 is 0 Å². The minimum absolute atomic E-state index is 0.344. The van der Waals surface area contributed by atoms with Crippen molar-refractivity contribution in [2.45, 2.75) is 39.8 Å². The Balaban J connectivity index is 2.70. The van der Waals surface area contributed by atoms with E-state index in [0.717, 1.165) is 12.3 Å². The molecule has 20 heavy (non-hydrogen) atoms. The Morgan fingerprint density at radius 1 is 1.15 bits per heavy atom. The van der Waals surface area contributed by atoms with Gasteiger partial charge in [0.25, 0.3) is 0 Å². The van der Waals surface area contributed by atoms with Crippen LogP contribution in [0, 0.1) is 5.92 Å². The number of benzene rings is 1. The first-order valence-electron chi connectivity index (χ1n) is 7.59. The smallest absolute Gasteiger partial charge is 0.119 e. The Morgan fingerprint density at radius 3 is 2.20 bits per heavy atom. The topological polar surface area (TPSA) is 24.5 Å². The van der Waals surface area contributed by atoms with Crippen LogP contribution in [0.25, 0.3) is 0 Å². The van der Waals surface area contributed by atoms with Crippen molar-refractivity contribution >= 4 is 0 Å². The van der Waals surface area contributed by atoms with Crippen molar-refractivity contribution in [3.05, 3.63) is 29.8 Å². The van der Waals surface area contributed by atoms with Crippen LogP contribution in [-0.2, 0) is 0 Å². The number of rotatable bonds is 8. The zero-order valence-electron chi connectivity index (χ0n) is 13.8. The second-order valence-corrected chi connectivity index (χ2v) is 5.77. The normalized spacial score (nSPS) is 14.6. The Labute approximate surface area is 124 Å². The van der Waals surface area contributed by atoms with Gasteiger partial charge in [-0.3, -0.25) is 0 Å². The molecule has 2 unspecified atom stereocenters. The first kappa shape index (κ1) is 17.0. The second-order valence-electron chi connectivity index (χ2n) is 5.77. The fourth-order valence-corrected chi connectivity index (χ4v) is 2.29. The number of nitrogens with zero attached hydrogens (tertiary/aromatic N) is 1. The predicted octanol–water partition coefficient (Wildman–Crippen LogP) is 3.32. The summed E-state index contributed by atoms with van der Waals surface area (Å²) in [5.74, 6) is 1.60. The van der Waals surface area contributed by atoms with E-state index in [2.05, 4.69) is 62.3 Å². The lowest BCUT2D eigenvalue weighted by Crippen LogP contribution is -2.39. The standard InChI is InChI=1S/C17H30N2O/c1-7-20-16-10-8-15(9-11-16)17(18-5)12-19(6)14(4)13(2)3/h8-11,13-14,17-18H,7,12H2,1-6H3. The quantitative estimate of drug-likeness (QED) is 0.789. The zero-order valence-corrected chi connectivity index (χ0v) is 13.8. The molecule has 0 aliphatic carbocycles. The third-order valence-electron chi connectivity index (χ3n) is 4.07. The third-order valence-corrected chi connectivity index (χ3v) is 4.07.